The Morgan fingerprint density at radius 2 is 1.50 bits per heavy atom. The predicted octanol–water partition coefficient (Wildman–Crippen LogP) is 3.28. The molecule has 3 N–H and O–H groups in total. The number of nitrogens with one attached hydrogen (secondary N) is 1. The number of pyridine rings is 1. The van der Waals surface area contributed by atoms with Crippen molar-refractivity contribution in [1.82, 2.24) is 0 Å². The number of nitrogen functional groups attached to an aromatic ring is 1. The minimum atomic E-state index is -0.150. The number of hydrogen-bond donors (Lipinski definition) is 1. The Labute approximate surface area is 166 Å². The van der Waals surface area contributed by atoms with Crippen LogP contribution in [0.2, 0.25) is 0 Å². The van der Waals surface area contributed by atoms with Crippen molar-refractivity contribution in [1.29, 1.82) is 10.5 Å². The number of nitrogens with two attached hydrogens (primary N) is 1. The van der Waals surface area contributed by atoms with Crippen LogP contribution in [-0.4, -0.2) is 11.7 Å². The van der Waals surface area contributed by atoms with E-state index in [4.69, 9.17) is 11.0 Å². The Bertz CT molecular complexity index is 1030. The summed E-state index contributed by atoms with van der Waals surface area (Å²) >= 11 is 1.17. The monoisotopic (exact) mass is 386 g/mol. The predicted molar refractivity (Wildman–Crippen MR) is 108 cm³/mol. The van der Waals surface area contributed by atoms with E-state index in [1.165, 1.54) is 17.8 Å². The van der Waals surface area contributed by atoms with Gasteiger partial charge in [-0.2, -0.15) is 10.5 Å². The molecule has 0 saturated heterocycles. The van der Waals surface area contributed by atoms with Crippen LogP contribution in [0.1, 0.15) is 11.1 Å². The highest BCUT2D eigenvalue weighted by molar-refractivity contribution is 7.99. The molecule has 1 amide bonds. The van der Waals surface area contributed by atoms with Gasteiger partial charge >= 0.3 is 0 Å². The van der Waals surface area contributed by atoms with E-state index in [9.17, 15) is 10.1 Å². The summed E-state index contributed by atoms with van der Waals surface area (Å²) in [5.74, 6) is 0.0994. The summed E-state index contributed by atoms with van der Waals surface area (Å²) in [6.45, 7) is 0. The third-order valence-corrected chi connectivity index (χ3v) is 4.93. The normalized spacial score (nSPS) is 9.93. The summed E-state index contributed by atoms with van der Waals surface area (Å²) in [5, 5.41) is 18.8. The molecule has 0 aliphatic heterocycles. The molecule has 0 atom stereocenters. The lowest BCUT2D eigenvalue weighted by molar-refractivity contribution is -0.410. The van der Waals surface area contributed by atoms with Crippen LogP contribution in [0.5, 0.6) is 0 Å². The molecule has 0 radical (unpaired) electrons. The topological polar surface area (TPSA) is 108 Å². The molecule has 1 aromatic heterocycles. The van der Waals surface area contributed by atoms with Gasteiger partial charge in [0.25, 0.3) is 5.82 Å². The fourth-order valence-electron chi connectivity index (χ4n) is 2.62. The number of anilines is 3. The largest absolute Gasteiger partial charge is 0.289 e. The highest BCUT2D eigenvalue weighted by Crippen LogP contribution is 2.27. The number of nitrogens with zero attached hydrogens (tertiary/aromatic N) is 3. The number of amides is 1. The van der Waals surface area contributed by atoms with Crippen molar-refractivity contribution in [3.63, 3.8) is 0 Å². The molecule has 3 aromatic rings. The van der Waals surface area contributed by atoms with Crippen molar-refractivity contribution in [2.45, 2.75) is 5.03 Å². The molecule has 2 aromatic carbocycles. The van der Waals surface area contributed by atoms with Gasteiger partial charge in [-0.05, 0) is 30.3 Å². The molecule has 0 unspecified atom stereocenters. The number of para-hydroxylation sites is 2. The number of aromatic amines is 1. The molecule has 136 valence electrons. The average molecular weight is 386 g/mol. The smallest absolute Gasteiger partial charge is 0.286 e. The first-order valence-electron chi connectivity index (χ1n) is 8.36. The van der Waals surface area contributed by atoms with Gasteiger partial charge < -0.3 is 0 Å². The Kier molecular flexibility index (Phi) is 5.91. The zero-order valence-corrected chi connectivity index (χ0v) is 15.6. The van der Waals surface area contributed by atoms with Crippen LogP contribution >= 0.6 is 11.8 Å². The number of rotatable bonds is 5. The minimum absolute atomic E-state index is 0.0836. The molecule has 7 heteroatoms. The number of aromatic nitrogens is 1. The molecule has 28 heavy (non-hydrogen) atoms. The molecule has 0 aliphatic rings. The summed E-state index contributed by atoms with van der Waals surface area (Å²) in [6, 6.07) is 24.1. The second-order valence-corrected chi connectivity index (χ2v) is 6.74. The van der Waals surface area contributed by atoms with Gasteiger partial charge in [-0.25, -0.2) is 4.98 Å². The van der Waals surface area contributed by atoms with Gasteiger partial charge in [0.2, 0.25) is 5.91 Å². The Morgan fingerprint density at radius 3 is 2.00 bits per heavy atom. The van der Waals surface area contributed by atoms with E-state index < -0.39 is 0 Å². The lowest BCUT2D eigenvalue weighted by Gasteiger charge is -2.22. The fraction of sp³-hybridized carbons (Fsp3) is 0.0476. The summed E-state index contributed by atoms with van der Waals surface area (Å²) in [4.78, 5) is 17.5. The van der Waals surface area contributed by atoms with E-state index in [1.807, 2.05) is 72.8 Å². The molecule has 0 aliphatic carbocycles. The van der Waals surface area contributed by atoms with E-state index in [0.717, 1.165) is 11.4 Å². The van der Waals surface area contributed by atoms with Crippen molar-refractivity contribution in [2.24, 2.45) is 0 Å². The first-order chi connectivity index (χ1) is 13.6. The molecule has 1 heterocycles. The summed E-state index contributed by atoms with van der Waals surface area (Å²) in [7, 11) is 0. The SMILES string of the molecule is N#Cc1cc(C#N)c(SCC(=O)N(c2ccccc2)c2ccccc2)[nH+]c1N. The van der Waals surface area contributed by atoms with Gasteiger partial charge in [0.15, 0.2) is 5.03 Å². The van der Waals surface area contributed by atoms with Gasteiger partial charge in [0.05, 0.1) is 5.75 Å². The Hall–Kier alpha value is -3.81. The highest BCUT2D eigenvalue weighted by atomic mass is 32.2. The minimum Gasteiger partial charge on any atom is -0.286 e. The van der Waals surface area contributed by atoms with Crippen LogP contribution < -0.4 is 15.6 Å². The number of thioether (sulfide) groups is 1. The van der Waals surface area contributed by atoms with Crippen LogP contribution in [0.3, 0.4) is 0 Å². The number of H-pyrrole nitrogens is 1. The first kappa shape index (κ1) is 19.0. The molecule has 0 saturated carbocycles. The van der Waals surface area contributed by atoms with Gasteiger partial charge in [0.1, 0.15) is 23.3 Å². The van der Waals surface area contributed by atoms with Crippen LogP contribution in [0, 0.1) is 22.7 Å². The average Bonchev–Trinajstić information content (AvgIpc) is 2.74. The second kappa shape index (κ2) is 8.72. The third kappa shape index (κ3) is 4.12. The maximum absolute atomic E-state index is 13.0. The van der Waals surface area contributed by atoms with E-state index in [-0.39, 0.29) is 28.6 Å². The van der Waals surface area contributed by atoms with Crippen LogP contribution in [-0.2, 0) is 4.79 Å². The van der Waals surface area contributed by atoms with E-state index in [2.05, 4.69) is 4.98 Å². The molecule has 0 spiro atoms. The zero-order valence-electron chi connectivity index (χ0n) is 14.8. The summed E-state index contributed by atoms with van der Waals surface area (Å²) in [6.07, 6.45) is 0. The molecule has 0 bridgehead atoms. The van der Waals surface area contributed by atoms with Gasteiger partial charge in [-0.15, -0.1) is 0 Å². The lowest BCUT2D eigenvalue weighted by atomic mass is 10.2. The zero-order chi connectivity index (χ0) is 19.9. The number of carbonyl (C=O) groups excluding carboxylic acids is 1. The van der Waals surface area contributed by atoms with Gasteiger partial charge in [-0.3, -0.25) is 15.4 Å². The molecular weight excluding hydrogens is 370 g/mol. The van der Waals surface area contributed by atoms with Gasteiger partial charge in [0, 0.05) is 11.4 Å². The van der Waals surface area contributed by atoms with Crippen LogP contribution in [0.15, 0.2) is 71.8 Å². The van der Waals surface area contributed by atoms with Crippen molar-refractivity contribution < 1.29 is 9.78 Å². The molecule has 3 rings (SSSR count). The molecular formula is C21H16N5OS+. The number of hydrogen-bond acceptors (Lipinski definition) is 5. The van der Waals surface area contributed by atoms with Gasteiger partial charge in [-0.1, -0.05) is 48.2 Å². The van der Waals surface area contributed by atoms with Crippen LogP contribution in [0.25, 0.3) is 0 Å². The Morgan fingerprint density at radius 1 is 0.964 bits per heavy atom. The first-order valence-corrected chi connectivity index (χ1v) is 9.34. The number of carbonyl (C=O) groups is 1. The molecule has 6 nitrogen and oxygen atoms in total. The lowest BCUT2D eigenvalue weighted by Crippen LogP contribution is -2.28. The summed E-state index contributed by atoms with van der Waals surface area (Å²) < 4.78 is 0. The van der Waals surface area contributed by atoms with Crippen molar-refractivity contribution >= 4 is 34.9 Å². The number of nitriles is 2. The highest BCUT2D eigenvalue weighted by Gasteiger charge is 2.21. The number of benzene rings is 2. The van der Waals surface area contributed by atoms with E-state index in [0.29, 0.717) is 5.03 Å². The van der Waals surface area contributed by atoms with E-state index >= 15 is 0 Å². The summed E-state index contributed by atoms with van der Waals surface area (Å²) in [5.41, 5.74) is 7.78. The van der Waals surface area contributed by atoms with Crippen molar-refractivity contribution in [3.05, 3.63) is 77.9 Å². The van der Waals surface area contributed by atoms with Crippen molar-refractivity contribution in [3.8, 4) is 12.1 Å². The standard InChI is InChI=1S/C21H15N5OS/c22-12-15-11-16(13-23)21(25-20(15)24)28-14-19(27)26(17-7-3-1-4-8-17)18-9-5-2-6-10-18/h1-11H,14H2,(H2,24,25)/p+1. The second-order valence-electron chi connectivity index (χ2n) is 5.75. The van der Waals surface area contributed by atoms with E-state index in [1.54, 1.807) is 4.90 Å². The molecule has 0 fully saturated rings. The maximum atomic E-state index is 13.0. The van der Waals surface area contributed by atoms with Crippen molar-refractivity contribution in [2.75, 3.05) is 16.4 Å². The van der Waals surface area contributed by atoms with Crippen LogP contribution in [0.4, 0.5) is 17.2 Å². The quantitative estimate of drug-likeness (QED) is 0.677. The Balaban J connectivity index is 1.87. The third-order valence-electron chi connectivity index (χ3n) is 3.93. The maximum Gasteiger partial charge on any atom is 0.289 e. The fourth-order valence-corrected chi connectivity index (χ4v) is 3.46.